The summed E-state index contributed by atoms with van der Waals surface area (Å²) in [4.78, 5) is 14.0. The molecular weight excluding hydrogens is 276 g/mol. The van der Waals surface area contributed by atoms with Crippen LogP contribution in [0.15, 0.2) is 0 Å². The average molecular weight is 302 g/mol. The Labute approximate surface area is 123 Å². The number of β-amino-alcohol motifs (C(OH)–C–C–N with tert-alkyl or cyclic N) is 1. The molecule has 2 rings (SSSR count). The lowest BCUT2D eigenvalue weighted by atomic mass is 9.95. The monoisotopic (exact) mass is 302 g/mol. The summed E-state index contributed by atoms with van der Waals surface area (Å²) in [6.07, 6.45) is 5.27. The number of carbonyl (C=O) groups excluding carboxylic acids is 1. The molecule has 116 valence electrons. The Bertz CT molecular complexity index is 364. The second-order valence-corrected chi connectivity index (χ2v) is 7.73. The van der Waals surface area contributed by atoms with E-state index in [-0.39, 0.29) is 17.3 Å². The normalized spacial score (nSPS) is 32.7. The van der Waals surface area contributed by atoms with Crippen molar-refractivity contribution in [3.63, 3.8) is 0 Å². The van der Waals surface area contributed by atoms with E-state index in [0.717, 1.165) is 38.5 Å². The van der Waals surface area contributed by atoms with Gasteiger partial charge in [0, 0.05) is 35.7 Å². The fraction of sp³-hybridized carbons (Fsp3) is 0.929. The van der Waals surface area contributed by atoms with Crippen molar-refractivity contribution in [3.05, 3.63) is 0 Å². The van der Waals surface area contributed by atoms with Gasteiger partial charge in [-0.1, -0.05) is 19.8 Å². The lowest BCUT2D eigenvalue weighted by Gasteiger charge is -2.35. The number of rotatable bonds is 3. The van der Waals surface area contributed by atoms with Crippen LogP contribution in [0.1, 0.15) is 45.4 Å². The van der Waals surface area contributed by atoms with Crippen LogP contribution in [0.4, 0.5) is 4.79 Å². The van der Waals surface area contributed by atoms with Gasteiger partial charge in [-0.15, -0.1) is 0 Å². The quantitative estimate of drug-likeness (QED) is 0.824. The van der Waals surface area contributed by atoms with Crippen LogP contribution in [0.5, 0.6) is 0 Å². The summed E-state index contributed by atoms with van der Waals surface area (Å²) >= 11 is 0. The molecule has 4 atom stereocenters. The van der Waals surface area contributed by atoms with Crippen LogP contribution in [0, 0.1) is 0 Å². The Hall–Kier alpha value is -0.620. The van der Waals surface area contributed by atoms with Gasteiger partial charge >= 0.3 is 6.03 Å². The molecule has 5 nitrogen and oxygen atoms in total. The molecule has 1 saturated carbocycles. The minimum Gasteiger partial charge on any atom is -0.391 e. The lowest BCUT2D eigenvalue weighted by Crippen LogP contribution is -2.54. The number of aliphatic hydroxyl groups excluding tert-OH is 1. The predicted molar refractivity (Wildman–Crippen MR) is 80.1 cm³/mol. The third kappa shape index (κ3) is 3.95. The molecule has 2 amide bonds. The summed E-state index contributed by atoms with van der Waals surface area (Å²) in [7, 11) is -0.854. The Morgan fingerprint density at radius 1 is 1.30 bits per heavy atom. The first-order valence-corrected chi connectivity index (χ1v) is 9.10. The second kappa shape index (κ2) is 7.41. The number of piperidine rings is 1. The van der Waals surface area contributed by atoms with Crippen LogP contribution in [0.25, 0.3) is 0 Å². The number of nitrogens with one attached hydrogen (secondary N) is 1. The van der Waals surface area contributed by atoms with E-state index >= 15 is 0 Å². The number of amides is 2. The van der Waals surface area contributed by atoms with E-state index in [4.69, 9.17) is 0 Å². The number of hydrogen-bond donors (Lipinski definition) is 2. The van der Waals surface area contributed by atoms with Crippen LogP contribution in [-0.2, 0) is 10.8 Å². The summed E-state index contributed by atoms with van der Waals surface area (Å²) in [5.41, 5.74) is 0. The van der Waals surface area contributed by atoms with Gasteiger partial charge in [0.25, 0.3) is 0 Å². The molecule has 2 aliphatic rings. The van der Waals surface area contributed by atoms with Crippen LogP contribution < -0.4 is 5.32 Å². The minimum atomic E-state index is -0.854. The molecule has 0 aromatic rings. The van der Waals surface area contributed by atoms with Crippen molar-refractivity contribution in [1.29, 1.82) is 0 Å². The van der Waals surface area contributed by atoms with Crippen LogP contribution >= 0.6 is 0 Å². The fourth-order valence-corrected chi connectivity index (χ4v) is 4.61. The van der Waals surface area contributed by atoms with Crippen molar-refractivity contribution in [1.82, 2.24) is 10.2 Å². The maximum absolute atomic E-state index is 12.3. The highest BCUT2D eigenvalue weighted by molar-refractivity contribution is 7.85. The molecule has 20 heavy (non-hydrogen) atoms. The first-order valence-electron chi connectivity index (χ1n) is 7.72. The van der Waals surface area contributed by atoms with Crippen LogP contribution in [-0.4, -0.2) is 56.5 Å². The van der Waals surface area contributed by atoms with E-state index in [1.807, 2.05) is 6.92 Å². The molecular formula is C14H26N2O3S. The molecule has 1 heterocycles. The summed E-state index contributed by atoms with van der Waals surface area (Å²) in [6, 6.07) is -0.0788. The van der Waals surface area contributed by atoms with Gasteiger partial charge in [0.2, 0.25) is 0 Å². The summed E-state index contributed by atoms with van der Waals surface area (Å²) in [5, 5.41) is 12.8. The van der Waals surface area contributed by atoms with Crippen molar-refractivity contribution >= 4 is 16.8 Å². The number of carbonyl (C=O) groups is 1. The topological polar surface area (TPSA) is 69.6 Å². The molecule has 6 heteroatoms. The van der Waals surface area contributed by atoms with Gasteiger partial charge in [-0.2, -0.15) is 0 Å². The van der Waals surface area contributed by atoms with Crippen molar-refractivity contribution < 1.29 is 14.1 Å². The zero-order valence-electron chi connectivity index (χ0n) is 12.2. The Morgan fingerprint density at radius 2 is 2.05 bits per heavy atom. The van der Waals surface area contributed by atoms with E-state index < -0.39 is 16.9 Å². The number of likely N-dealkylation sites (tertiary alicyclic amines) is 1. The number of aliphatic hydroxyl groups is 1. The molecule has 0 aromatic heterocycles. The molecule has 1 saturated heterocycles. The van der Waals surface area contributed by atoms with E-state index in [9.17, 15) is 14.1 Å². The van der Waals surface area contributed by atoms with Crippen molar-refractivity contribution in [3.8, 4) is 0 Å². The smallest absolute Gasteiger partial charge is 0.317 e. The SMILES string of the molecule is CC[S@](=O)[C@@H]1CCCC[C@H]1NC(=O)N1CCC[C@@H](O)C1. The van der Waals surface area contributed by atoms with Crippen molar-refractivity contribution in [2.75, 3.05) is 18.8 Å². The van der Waals surface area contributed by atoms with Gasteiger partial charge in [-0.3, -0.25) is 4.21 Å². The molecule has 1 aliphatic carbocycles. The van der Waals surface area contributed by atoms with E-state index in [1.54, 1.807) is 4.90 Å². The number of hydrogen-bond acceptors (Lipinski definition) is 3. The van der Waals surface area contributed by atoms with Gasteiger partial charge in [-0.05, 0) is 25.7 Å². The van der Waals surface area contributed by atoms with Crippen LogP contribution in [0.3, 0.4) is 0 Å². The predicted octanol–water partition coefficient (Wildman–Crippen LogP) is 1.23. The van der Waals surface area contributed by atoms with Gasteiger partial charge < -0.3 is 15.3 Å². The van der Waals surface area contributed by atoms with Gasteiger partial charge in [0.15, 0.2) is 0 Å². The lowest BCUT2D eigenvalue weighted by molar-refractivity contribution is 0.0828. The summed E-state index contributed by atoms with van der Waals surface area (Å²) < 4.78 is 12.1. The highest BCUT2D eigenvalue weighted by Crippen LogP contribution is 2.23. The Kier molecular flexibility index (Phi) is 5.84. The molecule has 2 fully saturated rings. The molecule has 1 aliphatic heterocycles. The maximum atomic E-state index is 12.3. The second-order valence-electron chi connectivity index (χ2n) is 5.79. The number of urea groups is 1. The summed E-state index contributed by atoms with van der Waals surface area (Å²) in [5.74, 6) is 0.652. The van der Waals surface area contributed by atoms with E-state index in [1.165, 1.54) is 0 Å². The third-order valence-electron chi connectivity index (χ3n) is 4.32. The first kappa shape index (κ1) is 15.8. The van der Waals surface area contributed by atoms with Gasteiger partial charge in [-0.25, -0.2) is 4.79 Å². The molecule has 0 bridgehead atoms. The van der Waals surface area contributed by atoms with Crippen LogP contribution in [0.2, 0.25) is 0 Å². The molecule has 0 aromatic carbocycles. The zero-order chi connectivity index (χ0) is 14.5. The summed E-state index contributed by atoms with van der Waals surface area (Å²) in [6.45, 7) is 3.06. The molecule has 0 unspecified atom stereocenters. The number of nitrogens with zero attached hydrogens (tertiary/aromatic N) is 1. The van der Waals surface area contributed by atoms with E-state index in [0.29, 0.717) is 18.8 Å². The van der Waals surface area contributed by atoms with Gasteiger partial charge in [0.05, 0.1) is 11.4 Å². The average Bonchev–Trinajstić information content (AvgIpc) is 2.47. The van der Waals surface area contributed by atoms with Crippen molar-refractivity contribution in [2.24, 2.45) is 0 Å². The van der Waals surface area contributed by atoms with Gasteiger partial charge in [0.1, 0.15) is 0 Å². The third-order valence-corrected chi connectivity index (χ3v) is 6.13. The van der Waals surface area contributed by atoms with Crippen molar-refractivity contribution in [2.45, 2.75) is 62.8 Å². The maximum Gasteiger partial charge on any atom is 0.317 e. The fourth-order valence-electron chi connectivity index (χ4n) is 3.18. The molecule has 0 spiro atoms. The Balaban J connectivity index is 1.92. The highest BCUT2D eigenvalue weighted by atomic mass is 32.2. The molecule has 0 radical (unpaired) electrons. The minimum absolute atomic E-state index is 0.0242. The zero-order valence-corrected chi connectivity index (χ0v) is 13.0. The highest BCUT2D eigenvalue weighted by Gasteiger charge is 2.32. The standard InChI is InChI=1S/C14H26N2O3S/c1-2-20(19)13-8-4-3-7-12(13)15-14(18)16-9-5-6-11(17)10-16/h11-13,17H,2-10H2,1H3,(H,15,18)/t11-,12-,13-,20+/m1/s1. The van der Waals surface area contributed by atoms with E-state index in [2.05, 4.69) is 5.32 Å². The largest absolute Gasteiger partial charge is 0.391 e. The molecule has 2 N–H and O–H groups in total. The Morgan fingerprint density at radius 3 is 2.75 bits per heavy atom. The first-order chi connectivity index (χ1) is 9.61.